The third-order valence-corrected chi connectivity index (χ3v) is 3.60. The van der Waals surface area contributed by atoms with Gasteiger partial charge in [0.2, 0.25) is 5.91 Å². The standard InChI is InChI=1S/C16H14N2O2/c1-10-5-4-6-11-13(19)9-12(15(10)11)16(20)18-14-7-2-3-8-17-14/h2-8,12H,9H2,1H3,(H,17,18,20). The summed E-state index contributed by atoms with van der Waals surface area (Å²) in [4.78, 5) is 28.4. The molecule has 3 rings (SSSR count). The van der Waals surface area contributed by atoms with E-state index >= 15 is 0 Å². The number of anilines is 1. The van der Waals surface area contributed by atoms with Crippen LogP contribution in [-0.4, -0.2) is 16.7 Å². The largest absolute Gasteiger partial charge is 0.310 e. The molecule has 1 aromatic heterocycles. The van der Waals surface area contributed by atoms with Gasteiger partial charge in [-0.15, -0.1) is 0 Å². The molecule has 2 aromatic rings. The molecule has 0 radical (unpaired) electrons. The molecule has 0 aliphatic heterocycles. The Hall–Kier alpha value is -2.49. The van der Waals surface area contributed by atoms with E-state index in [1.807, 2.05) is 25.1 Å². The molecule has 1 heterocycles. The minimum Gasteiger partial charge on any atom is -0.310 e. The van der Waals surface area contributed by atoms with Crippen molar-refractivity contribution < 1.29 is 9.59 Å². The van der Waals surface area contributed by atoms with Crippen LogP contribution in [0.4, 0.5) is 5.82 Å². The van der Waals surface area contributed by atoms with Gasteiger partial charge in [0.15, 0.2) is 5.78 Å². The second kappa shape index (κ2) is 4.89. The number of nitrogens with zero attached hydrogens (tertiary/aromatic N) is 1. The number of fused-ring (bicyclic) bond motifs is 1. The van der Waals surface area contributed by atoms with Gasteiger partial charge in [-0.05, 0) is 30.2 Å². The molecule has 4 heteroatoms. The summed E-state index contributed by atoms with van der Waals surface area (Å²) < 4.78 is 0. The van der Waals surface area contributed by atoms with Crippen molar-refractivity contribution >= 4 is 17.5 Å². The number of carbonyl (C=O) groups excluding carboxylic acids is 2. The number of aromatic nitrogens is 1. The highest BCUT2D eigenvalue weighted by Gasteiger charge is 2.35. The minimum absolute atomic E-state index is 0.0323. The monoisotopic (exact) mass is 266 g/mol. The molecule has 0 fully saturated rings. The predicted molar refractivity (Wildman–Crippen MR) is 75.7 cm³/mol. The molecule has 100 valence electrons. The summed E-state index contributed by atoms with van der Waals surface area (Å²) in [7, 11) is 0. The Morgan fingerprint density at radius 2 is 2.10 bits per heavy atom. The van der Waals surface area contributed by atoms with Crippen molar-refractivity contribution in [1.82, 2.24) is 4.98 Å². The van der Waals surface area contributed by atoms with Crippen LogP contribution in [0.3, 0.4) is 0 Å². The average Bonchev–Trinajstić information content (AvgIpc) is 2.79. The van der Waals surface area contributed by atoms with Crippen LogP contribution in [0.2, 0.25) is 0 Å². The van der Waals surface area contributed by atoms with Gasteiger partial charge in [0.1, 0.15) is 5.82 Å². The molecule has 1 aliphatic rings. The lowest BCUT2D eigenvalue weighted by Crippen LogP contribution is -2.20. The van der Waals surface area contributed by atoms with Gasteiger partial charge in [-0.25, -0.2) is 4.98 Å². The first-order chi connectivity index (χ1) is 9.66. The van der Waals surface area contributed by atoms with Gasteiger partial charge in [0.05, 0.1) is 5.92 Å². The maximum absolute atomic E-state index is 12.4. The number of benzene rings is 1. The molecule has 0 saturated heterocycles. The van der Waals surface area contributed by atoms with Crippen molar-refractivity contribution in [1.29, 1.82) is 0 Å². The van der Waals surface area contributed by atoms with E-state index in [1.54, 1.807) is 24.4 Å². The summed E-state index contributed by atoms with van der Waals surface area (Å²) in [5.41, 5.74) is 2.51. The maximum atomic E-state index is 12.4. The van der Waals surface area contributed by atoms with Gasteiger partial charge >= 0.3 is 0 Å². The molecule has 20 heavy (non-hydrogen) atoms. The molecule has 1 aliphatic carbocycles. The fraction of sp³-hybridized carbons (Fsp3) is 0.188. The lowest BCUT2D eigenvalue weighted by molar-refractivity contribution is -0.117. The topological polar surface area (TPSA) is 59.1 Å². The van der Waals surface area contributed by atoms with E-state index in [-0.39, 0.29) is 18.1 Å². The molecule has 0 bridgehead atoms. The molecule has 1 aromatic carbocycles. The number of amides is 1. The van der Waals surface area contributed by atoms with Gasteiger partial charge < -0.3 is 5.32 Å². The highest BCUT2D eigenvalue weighted by molar-refractivity contribution is 6.09. The van der Waals surface area contributed by atoms with E-state index in [0.29, 0.717) is 11.4 Å². The minimum atomic E-state index is -0.416. The summed E-state index contributed by atoms with van der Waals surface area (Å²) in [6.45, 7) is 1.93. The van der Waals surface area contributed by atoms with Crippen LogP contribution in [0, 0.1) is 6.92 Å². The molecule has 1 amide bonds. The highest BCUT2D eigenvalue weighted by atomic mass is 16.2. The smallest absolute Gasteiger partial charge is 0.233 e. The van der Waals surface area contributed by atoms with E-state index in [0.717, 1.165) is 11.1 Å². The Labute approximate surface area is 116 Å². The molecule has 0 saturated carbocycles. The molecule has 1 unspecified atom stereocenters. The zero-order valence-corrected chi connectivity index (χ0v) is 11.1. The van der Waals surface area contributed by atoms with E-state index in [9.17, 15) is 9.59 Å². The van der Waals surface area contributed by atoms with Crippen molar-refractivity contribution in [2.24, 2.45) is 0 Å². The quantitative estimate of drug-likeness (QED) is 0.909. The van der Waals surface area contributed by atoms with Crippen molar-refractivity contribution in [3.63, 3.8) is 0 Å². The summed E-state index contributed by atoms with van der Waals surface area (Å²) in [5, 5.41) is 2.77. The second-order valence-corrected chi connectivity index (χ2v) is 4.92. The second-order valence-electron chi connectivity index (χ2n) is 4.92. The Morgan fingerprint density at radius 3 is 2.85 bits per heavy atom. The summed E-state index contributed by atoms with van der Waals surface area (Å²) in [6.07, 6.45) is 1.85. The molecular formula is C16H14N2O2. The zero-order chi connectivity index (χ0) is 14.1. The van der Waals surface area contributed by atoms with Crippen LogP contribution in [0.5, 0.6) is 0 Å². The lowest BCUT2D eigenvalue weighted by atomic mass is 9.96. The number of hydrogen-bond acceptors (Lipinski definition) is 3. The van der Waals surface area contributed by atoms with E-state index in [1.165, 1.54) is 0 Å². The number of ketones is 1. The number of aryl methyl sites for hydroxylation is 1. The highest BCUT2D eigenvalue weighted by Crippen LogP contribution is 2.35. The zero-order valence-electron chi connectivity index (χ0n) is 11.1. The van der Waals surface area contributed by atoms with Gasteiger partial charge in [0.25, 0.3) is 0 Å². The number of Topliss-reactive ketones (excluding diaryl/α,β-unsaturated/α-hetero) is 1. The third kappa shape index (κ3) is 2.09. The Balaban J connectivity index is 1.90. The summed E-state index contributed by atoms with van der Waals surface area (Å²) in [5.74, 6) is -0.0531. The van der Waals surface area contributed by atoms with Gasteiger partial charge in [0, 0.05) is 18.2 Å². The molecule has 4 nitrogen and oxygen atoms in total. The molecule has 0 spiro atoms. The van der Waals surface area contributed by atoms with Gasteiger partial charge in [-0.3, -0.25) is 9.59 Å². The SMILES string of the molecule is Cc1cccc2c1C(C(=O)Nc1ccccn1)CC2=O. The average molecular weight is 266 g/mol. The molecule has 1 atom stereocenters. The van der Waals surface area contributed by atoms with Crippen LogP contribution in [-0.2, 0) is 4.79 Å². The normalized spacial score (nSPS) is 16.9. The van der Waals surface area contributed by atoms with Crippen molar-refractivity contribution in [2.75, 3.05) is 5.32 Å². The first-order valence-electron chi connectivity index (χ1n) is 6.51. The van der Waals surface area contributed by atoms with E-state index in [2.05, 4.69) is 10.3 Å². The van der Waals surface area contributed by atoms with Crippen molar-refractivity contribution in [3.05, 3.63) is 59.3 Å². The predicted octanol–water partition coefficient (Wildman–Crippen LogP) is 2.70. The number of carbonyl (C=O) groups is 2. The van der Waals surface area contributed by atoms with Crippen LogP contribution in [0.15, 0.2) is 42.6 Å². The fourth-order valence-corrected chi connectivity index (χ4v) is 2.66. The first kappa shape index (κ1) is 12.5. The Morgan fingerprint density at radius 1 is 1.25 bits per heavy atom. The number of hydrogen-bond donors (Lipinski definition) is 1. The first-order valence-corrected chi connectivity index (χ1v) is 6.51. The van der Waals surface area contributed by atoms with E-state index in [4.69, 9.17) is 0 Å². The number of nitrogens with one attached hydrogen (secondary N) is 1. The van der Waals surface area contributed by atoms with Gasteiger partial charge in [-0.2, -0.15) is 0 Å². The maximum Gasteiger partial charge on any atom is 0.233 e. The third-order valence-electron chi connectivity index (χ3n) is 3.60. The lowest BCUT2D eigenvalue weighted by Gasteiger charge is -2.13. The fourth-order valence-electron chi connectivity index (χ4n) is 2.66. The van der Waals surface area contributed by atoms with Crippen LogP contribution in [0.1, 0.15) is 33.8 Å². The summed E-state index contributed by atoms with van der Waals surface area (Å²) >= 11 is 0. The van der Waals surface area contributed by atoms with Crippen molar-refractivity contribution in [3.8, 4) is 0 Å². The molecule has 1 N–H and O–H groups in total. The number of rotatable bonds is 2. The summed E-state index contributed by atoms with van der Waals surface area (Å²) in [6, 6.07) is 10.9. The van der Waals surface area contributed by atoms with Crippen LogP contribution >= 0.6 is 0 Å². The van der Waals surface area contributed by atoms with Crippen molar-refractivity contribution in [2.45, 2.75) is 19.3 Å². The Bertz CT molecular complexity index is 680. The van der Waals surface area contributed by atoms with E-state index < -0.39 is 5.92 Å². The van der Waals surface area contributed by atoms with Crippen LogP contribution in [0.25, 0.3) is 0 Å². The van der Waals surface area contributed by atoms with Gasteiger partial charge in [-0.1, -0.05) is 24.3 Å². The number of pyridine rings is 1. The van der Waals surface area contributed by atoms with Crippen LogP contribution < -0.4 is 5.32 Å². The Kier molecular flexibility index (Phi) is 3.06. The molecular weight excluding hydrogens is 252 g/mol.